The van der Waals surface area contributed by atoms with Crippen LogP contribution in [0.2, 0.25) is 0 Å². The molecule has 1 amide bonds. The quantitative estimate of drug-likeness (QED) is 0.720. The summed E-state index contributed by atoms with van der Waals surface area (Å²) in [7, 11) is 3.10. The van der Waals surface area contributed by atoms with Gasteiger partial charge in [0.05, 0.1) is 32.0 Å². The Balaban J connectivity index is 1.73. The van der Waals surface area contributed by atoms with Crippen molar-refractivity contribution in [3.63, 3.8) is 0 Å². The maximum atomic E-state index is 12.5. The second kappa shape index (κ2) is 7.97. The summed E-state index contributed by atoms with van der Waals surface area (Å²) in [5, 5.41) is 3.82. The Labute approximate surface area is 155 Å². The first-order chi connectivity index (χ1) is 12.6. The smallest absolute Gasteiger partial charge is 0.255 e. The van der Waals surface area contributed by atoms with Gasteiger partial charge < -0.3 is 14.8 Å². The largest absolute Gasteiger partial charge is 0.497 e. The van der Waals surface area contributed by atoms with Crippen molar-refractivity contribution in [1.29, 1.82) is 0 Å². The van der Waals surface area contributed by atoms with Crippen LogP contribution in [0.15, 0.2) is 42.7 Å². The average molecular weight is 369 g/mol. The molecule has 3 rings (SSSR count). The van der Waals surface area contributed by atoms with Gasteiger partial charge in [-0.1, -0.05) is 0 Å². The molecule has 0 aliphatic carbocycles. The van der Waals surface area contributed by atoms with Crippen molar-refractivity contribution in [2.45, 2.75) is 13.5 Å². The van der Waals surface area contributed by atoms with E-state index in [9.17, 15) is 4.79 Å². The van der Waals surface area contributed by atoms with Gasteiger partial charge in [-0.05, 0) is 31.2 Å². The van der Waals surface area contributed by atoms with Gasteiger partial charge in [0.1, 0.15) is 16.5 Å². The first kappa shape index (κ1) is 17.9. The third-order valence-electron chi connectivity index (χ3n) is 3.86. The normalized spacial score (nSPS) is 10.4. The molecule has 2 aromatic heterocycles. The van der Waals surface area contributed by atoms with Crippen molar-refractivity contribution in [2.75, 3.05) is 14.2 Å². The third-order valence-corrected chi connectivity index (χ3v) is 5.07. The van der Waals surface area contributed by atoms with Crippen LogP contribution in [0.3, 0.4) is 0 Å². The Kier molecular flexibility index (Phi) is 5.48. The topological polar surface area (TPSA) is 73.3 Å². The van der Waals surface area contributed by atoms with Gasteiger partial charge in [0.2, 0.25) is 0 Å². The SMILES string of the molecule is COc1ccc(C(=O)NCc2sc(-c3cccnc3)nc2C)c(OC)c1. The van der Waals surface area contributed by atoms with E-state index >= 15 is 0 Å². The van der Waals surface area contributed by atoms with Gasteiger partial charge >= 0.3 is 0 Å². The number of amides is 1. The summed E-state index contributed by atoms with van der Waals surface area (Å²) in [4.78, 5) is 22.2. The van der Waals surface area contributed by atoms with E-state index < -0.39 is 0 Å². The minimum absolute atomic E-state index is 0.208. The number of methoxy groups -OCH3 is 2. The van der Waals surface area contributed by atoms with Crippen LogP contribution in [0.4, 0.5) is 0 Å². The van der Waals surface area contributed by atoms with Crippen LogP contribution < -0.4 is 14.8 Å². The predicted molar refractivity (Wildman–Crippen MR) is 101 cm³/mol. The fourth-order valence-electron chi connectivity index (χ4n) is 2.45. The number of nitrogens with zero attached hydrogens (tertiary/aromatic N) is 2. The van der Waals surface area contributed by atoms with Gasteiger partial charge in [-0.2, -0.15) is 0 Å². The van der Waals surface area contributed by atoms with Crippen molar-refractivity contribution >= 4 is 17.2 Å². The van der Waals surface area contributed by atoms with Crippen LogP contribution >= 0.6 is 11.3 Å². The molecule has 0 atom stereocenters. The highest BCUT2D eigenvalue weighted by molar-refractivity contribution is 7.15. The predicted octanol–water partition coefficient (Wildman–Crippen LogP) is 3.46. The third kappa shape index (κ3) is 3.83. The maximum absolute atomic E-state index is 12.5. The summed E-state index contributed by atoms with van der Waals surface area (Å²) >= 11 is 1.55. The van der Waals surface area contributed by atoms with Crippen molar-refractivity contribution < 1.29 is 14.3 Å². The zero-order chi connectivity index (χ0) is 18.5. The van der Waals surface area contributed by atoms with Gasteiger partial charge in [-0.3, -0.25) is 9.78 Å². The van der Waals surface area contributed by atoms with Gasteiger partial charge in [-0.15, -0.1) is 11.3 Å². The minimum Gasteiger partial charge on any atom is -0.497 e. The molecule has 0 aliphatic rings. The van der Waals surface area contributed by atoms with E-state index in [1.165, 1.54) is 7.11 Å². The summed E-state index contributed by atoms with van der Waals surface area (Å²) < 4.78 is 10.4. The molecule has 0 fully saturated rings. The number of hydrogen-bond acceptors (Lipinski definition) is 6. The lowest BCUT2D eigenvalue weighted by molar-refractivity contribution is 0.0948. The van der Waals surface area contributed by atoms with Crippen LogP contribution in [-0.2, 0) is 6.54 Å². The number of aryl methyl sites for hydroxylation is 1. The Bertz CT molecular complexity index is 910. The summed E-state index contributed by atoms with van der Waals surface area (Å²) in [6.45, 7) is 2.34. The maximum Gasteiger partial charge on any atom is 0.255 e. The van der Waals surface area contributed by atoms with Crippen LogP contribution in [-0.4, -0.2) is 30.1 Å². The van der Waals surface area contributed by atoms with Crippen LogP contribution in [0.5, 0.6) is 11.5 Å². The van der Waals surface area contributed by atoms with Crippen LogP contribution in [0, 0.1) is 6.92 Å². The Morgan fingerprint density at radius 2 is 2.08 bits per heavy atom. The van der Waals surface area contributed by atoms with E-state index in [2.05, 4.69) is 15.3 Å². The number of ether oxygens (including phenoxy) is 2. The molecule has 26 heavy (non-hydrogen) atoms. The van der Waals surface area contributed by atoms with E-state index in [4.69, 9.17) is 9.47 Å². The molecule has 7 heteroatoms. The first-order valence-electron chi connectivity index (χ1n) is 7.99. The van der Waals surface area contributed by atoms with Crippen molar-refractivity contribution in [2.24, 2.45) is 0 Å². The molecule has 0 saturated heterocycles. The van der Waals surface area contributed by atoms with Gasteiger partial charge in [0.25, 0.3) is 5.91 Å². The van der Waals surface area contributed by atoms with Crippen LogP contribution in [0.1, 0.15) is 20.9 Å². The summed E-state index contributed by atoms with van der Waals surface area (Å²) in [5.41, 5.74) is 2.33. The number of pyridine rings is 1. The Morgan fingerprint density at radius 1 is 1.23 bits per heavy atom. The van der Waals surface area contributed by atoms with E-state index in [1.54, 1.807) is 49.0 Å². The number of carbonyl (C=O) groups excluding carboxylic acids is 1. The molecule has 0 unspecified atom stereocenters. The molecule has 6 nitrogen and oxygen atoms in total. The molecule has 0 bridgehead atoms. The summed E-state index contributed by atoms with van der Waals surface area (Å²) in [6, 6.07) is 8.95. The minimum atomic E-state index is -0.208. The number of thiazole rings is 1. The molecule has 0 aliphatic heterocycles. The molecule has 134 valence electrons. The van der Waals surface area contributed by atoms with Crippen molar-refractivity contribution in [3.05, 3.63) is 58.9 Å². The lowest BCUT2D eigenvalue weighted by Crippen LogP contribution is -2.23. The molecular formula is C19H19N3O3S. The van der Waals surface area contributed by atoms with Gasteiger partial charge in [-0.25, -0.2) is 4.98 Å². The van der Waals surface area contributed by atoms with E-state index in [1.807, 2.05) is 19.1 Å². The highest BCUT2D eigenvalue weighted by Gasteiger charge is 2.15. The molecule has 3 aromatic rings. The number of aromatic nitrogens is 2. The monoisotopic (exact) mass is 369 g/mol. The molecule has 1 aromatic carbocycles. The standard InChI is InChI=1S/C19H19N3O3S/c1-12-17(26-19(22-12)13-5-4-8-20-10-13)11-21-18(23)15-7-6-14(24-2)9-16(15)25-3/h4-10H,11H2,1-3H3,(H,21,23). The lowest BCUT2D eigenvalue weighted by atomic mass is 10.1. The van der Waals surface area contributed by atoms with Crippen molar-refractivity contribution in [3.8, 4) is 22.1 Å². The molecule has 0 saturated carbocycles. The number of hydrogen-bond donors (Lipinski definition) is 1. The van der Waals surface area contributed by atoms with E-state index in [0.717, 1.165) is 21.1 Å². The zero-order valence-electron chi connectivity index (χ0n) is 14.8. The average Bonchev–Trinajstić information content (AvgIpc) is 3.07. The molecule has 0 radical (unpaired) electrons. The number of carbonyl (C=O) groups is 1. The van der Waals surface area contributed by atoms with E-state index in [0.29, 0.717) is 23.6 Å². The molecular weight excluding hydrogens is 350 g/mol. The lowest BCUT2D eigenvalue weighted by Gasteiger charge is -2.10. The molecule has 2 heterocycles. The van der Waals surface area contributed by atoms with Gasteiger partial charge in [0, 0.05) is 28.9 Å². The first-order valence-corrected chi connectivity index (χ1v) is 8.81. The number of benzene rings is 1. The van der Waals surface area contributed by atoms with Crippen molar-refractivity contribution in [1.82, 2.24) is 15.3 Å². The van der Waals surface area contributed by atoms with Gasteiger partial charge in [0.15, 0.2) is 0 Å². The van der Waals surface area contributed by atoms with E-state index in [-0.39, 0.29) is 5.91 Å². The summed E-state index contributed by atoms with van der Waals surface area (Å²) in [6.07, 6.45) is 3.51. The number of nitrogens with one attached hydrogen (secondary N) is 1. The second-order valence-corrected chi connectivity index (χ2v) is 6.60. The fourth-order valence-corrected chi connectivity index (χ4v) is 3.44. The van der Waals surface area contributed by atoms with Crippen LogP contribution in [0.25, 0.3) is 10.6 Å². The molecule has 1 N–H and O–H groups in total. The molecule has 0 spiro atoms. The highest BCUT2D eigenvalue weighted by atomic mass is 32.1. The Hall–Kier alpha value is -2.93. The highest BCUT2D eigenvalue weighted by Crippen LogP contribution is 2.28. The Morgan fingerprint density at radius 3 is 2.77 bits per heavy atom. The second-order valence-electron chi connectivity index (χ2n) is 5.52. The number of rotatable bonds is 6. The fraction of sp³-hybridized carbons (Fsp3) is 0.211. The summed E-state index contributed by atoms with van der Waals surface area (Å²) in [5.74, 6) is 0.900. The zero-order valence-corrected chi connectivity index (χ0v) is 15.6.